The number of hydrogen-bond acceptors (Lipinski definition) is 2. The first-order valence-electron chi connectivity index (χ1n) is 5.97. The molecule has 0 saturated heterocycles. The van der Waals surface area contributed by atoms with Crippen LogP contribution in [0, 0.1) is 0 Å². The Hall–Kier alpha value is -1.87. The molecule has 3 rings (SSSR count). The summed E-state index contributed by atoms with van der Waals surface area (Å²) in [6.07, 6.45) is 1.88. The van der Waals surface area contributed by atoms with Crippen molar-refractivity contribution in [1.82, 2.24) is 0 Å². The summed E-state index contributed by atoms with van der Waals surface area (Å²) in [5, 5.41) is 0. The lowest BCUT2D eigenvalue weighted by atomic mass is 9.98. The lowest BCUT2D eigenvalue weighted by Crippen LogP contribution is -2.18. The van der Waals surface area contributed by atoms with E-state index < -0.39 is 0 Å². The molecule has 0 saturated carbocycles. The Bertz CT molecular complexity index is 674. The lowest BCUT2D eigenvalue weighted by Gasteiger charge is -2.18. The van der Waals surface area contributed by atoms with E-state index in [1.165, 1.54) is 0 Å². The molecule has 1 aliphatic heterocycles. The molecular formula is C16H11BrO2. The standard InChI is InChI=1S/C16H11BrO2/c17-14-7-3-1-5-11(14)9-12-10-19-15-8-4-2-6-13(15)16(12)18/h1-9H,10H2/b12-9-. The number of ketones is 1. The van der Waals surface area contributed by atoms with Crippen molar-refractivity contribution >= 4 is 27.8 Å². The van der Waals surface area contributed by atoms with Crippen molar-refractivity contribution in [3.05, 3.63) is 69.7 Å². The van der Waals surface area contributed by atoms with E-state index in [0.717, 1.165) is 10.0 Å². The van der Waals surface area contributed by atoms with Crippen LogP contribution >= 0.6 is 15.9 Å². The largest absolute Gasteiger partial charge is 0.488 e. The van der Waals surface area contributed by atoms with Crippen LogP contribution in [-0.2, 0) is 0 Å². The molecule has 2 nitrogen and oxygen atoms in total. The summed E-state index contributed by atoms with van der Waals surface area (Å²) in [7, 11) is 0. The fourth-order valence-electron chi connectivity index (χ4n) is 2.06. The van der Waals surface area contributed by atoms with E-state index in [1.807, 2.05) is 48.5 Å². The fourth-order valence-corrected chi connectivity index (χ4v) is 2.46. The number of halogens is 1. The zero-order chi connectivity index (χ0) is 13.2. The van der Waals surface area contributed by atoms with Gasteiger partial charge in [-0.2, -0.15) is 0 Å². The predicted molar refractivity (Wildman–Crippen MR) is 78.4 cm³/mol. The molecule has 0 bridgehead atoms. The summed E-state index contributed by atoms with van der Waals surface area (Å²) >= 11 is 3.48. The van der Waals surface area contributed by atoms with Gasteiger partial charge in [0.05, 0.1) is 5.56 Å². The van der Waals surface area contributed by atoms with Crippen molar-refractivity contribution in [2.45, 2.75) is 0 Å². The number of hydrogen-bond donors (Lipinski definition) is 0. The van der Waals surface area contributed by atoms with Crippen molar-refractivity contribution in [1.29, 1.82) is 0 Å². The molecule has 19 heavy (non-hydrogen) atoms. The molecule has 0 amide bonds. The van der Waals surface area contributed by atoms with Gasteiger partial charge in [-0.15, -0.1) is 0 Å². The van der Waals surface area contributed by atoms with Gasteiger partial charge in [-0.1, -0.05) is 46.3 Å². The number of Topliss-reactive ketones (excluding diaryl/α,β-unsaturated/α-hetero) is 1. The van der Waals surface area contributed by atoms with Gasteiger partial charge >= 0.3 is 0 Å². The van der Waals surface area contributed by atoms with Gasteiger partial charge in [0.15, 0.2) is 5.78 Å². The molecule has 3 heteroatoms. The quantitative estimate of drug-likeness (QED) is 0.740. The molecule has 0 fully saturated rings. The maximum absolute atomic E-state index is 12.4. The second-order valence-corrected chi connectivity index (χ2v) is 5.16. The Morgan fingerprint density at radius 1 is 1.05 bits per heavy atom. The van der Waals surface area contributed by atoms with Gasteiger partial charge in [-0.3, -0.25) is 4.79 Å². The number of para-hydroxylation sites is 1. The van der Waals surface area contributed by atoms with Crippen LogP contribution in [0.25, 0.3) is 6.08 Å². The maximum Gasteiger partial charge on any atom is 0.196 e. The van der Waals surface area contributed by atoms with Crippen LogP contribution in [-0.4, -0.2) is 12.4 Å². The molecule has 0 aromatic heterocycles. The topological polar surface area (TPSA) is 26.3 Å². The zero-order valence-electron chi connectivity index (χ0n) is 10.1. The van der Waals surface area contributed by atoms with Crippen LogP contribution in [0.5, 0.6) is 5.75 Å². The highest BCUT2D eigenvalue weighted by atomic mass is 79.9. The Morgan fingerprint density at radius 2 is 1.79 bits per heavy atom. The van der Waals surface area contributed by atoms with Gasteiger partial charge in [-0.05, 0) is 29.8 Å². The van der Waals surface area contributed by atoms with Crippen molar-refractivity contribution in [3.63, 3.8) is 0 Å². The smallest absolute Gasteiger partial charge is 0.196 e. The zero-order valence-corrected chi connectivity index (χ0v) is 11.7. The molecule has 0 atom stereocenters. The molecule has 0 aliphatic carbocycles. The van der Waals surface area contributed by atoms with Crippen molar-refractivity contribution in [2.75, 3.05) is 6.61 Å². The number of fused-ring (bicyclic) bond motifs is 1. The van der Waals surface area contributed by atoms with Gasteiger partial charge < -0.3 is 4.74 Å². The van der Waals surface area contributed by atoms with Crippen molar-refractivity contribution in [3.8, 4) is 5.75 Å². The average Bonchev–Trinajstić information content (AvgIpc) is 2.44. The van der Waals surface area contributed by atoms with Crippen LogP contribution in [0.2, 0.25) is 0 Å². The van der Waals surface area contributed by atoms with Crippen molar-refractivity contribution in [2.24, 2.45) is 0 Å². The van der Waals surface area contributed by atoms with E-state index in [2.05, 4.69) is 15.9 Å². The third kappa shape index (κ3) is 2.34. The monoisotopic (exact) mass is 314 g/mol. The predicted octanol–water partition coefficient (Wildman–Crippen LogP) is 4.11. The molecule has 0 N–H and O–H groups in total. The van der Waals surface area contributed by atoms with E-state index in [-0.39, 0.29) is 5.78 Å². The van der Waals surface area contributed by atoms with Crippen molar-refractivity contribution < 1.29 is 9.53 Å². The third-order valence-corrected chi connectivity index (χ3v) is 3.76. The van der Waals surface area contributed by atoms with Crippen LogP contribution in [0.15, 0.2) is 58.6 Å². The Morgan fingerprint density at radius 3 is 2.63 bits per heavy atom. The van der Waals surface area contributed by atoms with E-state index in [1.54, 1.807) is 6.07 Å². The summed E-state index contributed by atoms with van der Waals surface area (Å²) in [4.78, 5) is 12.4. The first-order valence-corrected chi connectivity index (χ1v) is 6.76. The normalized spacial score (nSPS) is 16.1. The van der Waals surface area contributed by atoms with Gasteiger partial charge in [0.1, 0.15) is 12.4 Å². The van der Waals surface area contributed by atoms with Crippen LogP contribution in [0.4, 0.5) is 0 Å². The minimum Gasteiger partial charge on any atom is -0.488 e. The molecule has 2 aromatic rings. The molecule has 0 spiro atoms. The average molecular weight is 315 g/mol. The van der Waals surface area contributed by atoms with Crippen LogP contribution < -0.4 is 4.74 Å². The van der Waals surface area contributed by atoms with E-state index >= 15 is 0 Å². The number of rotatable bonds is 1. The highest BCUT2D eigenvalue weighted by molar-refractivity contribution is 9.10. The molecule has 0 radical (unpaired) electrons. The second-order valence-electron chi connectivity index (χ2n) is 4.31. The molecule has 1 heterocycles. The maximum atomic E-state index is 12.4. The molecule has 1 aliphatic rings. The summed E-state index contributed by atoms with van der Waals surface area (Å²) in [5.41, 5.74) is 2.28. The minimum atomic E-state index is 0.0394. The molecule has 94 valence electrons. The SMILES string of the molecule is O=C1/C(=C\c2ccccc2Br)COc2ccccc21. The van der Waals surface area contributed by atoms with Crippen LogP contribution in [0.1, 0.15) is 15.9 Å². The van der Waals surface area contributed by atoms with Gasteiger partial charge in [0, 0.05) is 10.0 Å². The summed E-state index contributed by atoms with van der Waals surface area (Å²) in [6.45, 7) is 0.317. The lowest BCUT2D eigenvalue weighted by molar-refractivity contribution is 0.100. The van der Waals surface area contributed by atoms with E-state index in [4.69, 9.17) is 4.74 Å². The summed E-state index contributed by atoms with van der Waals surface area (Å²) in [6, 6.07) is 15.1. The number of ether oxygens (including phenoxy) is 1. The van der Waals surface area contributed by atoms with Gasteiger partial charge in [0.25, 0.3) is 0 Å². The molecular weight excluding hydrogens is 304 g/mol. The molecule has 2 aromatic carbocycles. The first-order chi connectivity index (χ1) is 9.25. The first kappa shape index (κ1) is 12.2. The second kappa shape index (κ2) is 5.02. The number of benzene rings is 2. The third-order valence-electron chi connectivity index (χ3n) is 3.04. The number of carbonyl (C=O) groups excluding carboxylic acids is 1. The van der Waals surface area contributed by atoms with E-state index in [0.29, 0.717) is 23.5 Å². The Kier molecular flexibility index (Phi) is 3.22. The minimum absolute atomic E-state index is 0.0394. The van der Waals surface area contributed by atoms with Crippen LogP contribution in [0.3, 0.4) is 0 Å². The van der Waals surface area contributed by atoms with Gasteiger partial charge in [-0.25, -0.2) is 0 Å². The highest BCUT2D eigenvalue weighted by Crippen LogP contribution is 2.28. The van der Waals surface area contributed by atoms with Gasteiger partial charge in [0.2, 0.25) is 0 Å². The summed E-state index contributed by atoms with van der Waals surface area (Å²) in [5.74, 6) is 0.703. The summed E-state index contributed by atoms with van der Waals surface area (Å²) < 4.78 is 6.58. The Labute approximate surface area is 119 Å². The van der Waals surface area contributed by atoms with E-state index in [9.17, 15) is 4.79 Å². The number of carbonyl (C=O) groups is 1. The molecule has 0 unspecified atom stereocenters. The Balaban J connectivity index is 2.01. The fraction of sp³-hybridized carbons (Fsp3) is 0.0625. The highest BCUT2D eigenvalue weighted by Gasteiger charge is 2.22.